The van der Waals surface area contributed by atoms with Gasteiger partial charge in [-0.1, -0.05) is 18.2 Å². The van der Waals surface area contributed by atoms with Gasteiger partial charge >= 0.3 is 0 Å². The van der Waals surface area contributed by atoms with Crippen molar-refractivity contribution in [2.24, 2.45) is 0 Å². The summed E-state index contributed by atoms with van der Waals surface area (Å²) in [5, 5.41) is 14.7. The molecule has 0 bridgehead atoms. The van der Waals surface area contributed by atoms with Crippen LogP contribution < -0.4 is 5.32 Å². The Balaban J connectivity index is 1.74. The number of benzene rings is 2. The zero-order valence-electron chi connectivity index (χ0n) is 14.4. The van der Waals surface area contributed by atoms with Crippen LogP contribution >= 0.6 is 15.9 Å². The summed E-state index contributed by atoms with van der Waals surface area (Å²) in [5.41, 5.74) is 1.95. The number of halogens is 1. The van der Waals surface area contributed by atoms with Crippen LogP contribution in [-0.2, 0) is 4.74 Å². The van der Waals surface area contributed by atoms with Crippen LogP contribution in [0.25, 0.3) is 0 Å². The minimum absolute atomic E-state index is 0.0195. The molecule has 8 heteroatoms. The highest BCUT2D eigenvalue weighted by atomic mass is 79.9. The van der Waals surface area contributed by atoms with Crippen LogP contribution in [0.15, 0.2) is 46.9 Å². The van der Waals surface area contributed by atoms with Crippen LogP contribution in [0, 0.1) is 10.1 Å². The molecule has 2 unspecified atom stereocenters. The number of hydrogen-bond donors (Lipinski definition) is 1. The van der Waals surface area contributed by atoms with E-state index in [1.807, 2.05) is 18.2 Å². The van der Waals surface area contributed by atoms with E-state index < -0.39 is 11.1 Å². The maximum atomic E-state index is 13.2. The average molecular weight is 432 g/mol. The van der Waals surface area contributed by atoms with Crippen LogP contribution in [-0.4, -0.2) is 35.0 Å². The van der Waals surface area contributed by atoms with Gasteiger partial charge in [-0.2, -0.15) is 0 Å². The summed E-state index contributed by atoms with van der Waals surface area (Å²) in [6.45, 7) is 1.14. The number of carbonyl (C=O) groups excluding carboxylic acids is 1. The predicted octanol–water partition coefficient (Wildman–Crippen LogP) is 4.10. The zero-order chi connectivity index (χ0) is 19.0. The minimum Gasteiger partial charge on any atom is -0.376 e. The Morgan fingerprint density at radius 3 is 2.85 bits per heavy atom. The Hall–Kier alpha value is -2.45. The molecule has 0 aliphatic carbocycles. The molecule has 2 heterocycles. The van der Waals surface area contributed by atoms with Gasteiger partial charge in [-0.25, -0.2) is 0 Å². The first-order valence-electron chi connectivity index (χ1n) is 8.76. The second-order valence-corrected chi connectivity index (χ2v) is 7.51. The lowest BCUT2D eigenvalue weighted by atomic mass is 10.0. The SMILES string of the molecule is O=C1c2ccccc2NC(c2ccc(Br)c([N+](=O)[O-])c2)N1CC1CCCO1. The summed E-state index contributed by atoms with van der Waals surface area (Å²) in [5.74, 6) is -0.101. The molecular formula is C19H18BrN3O4. The first-order valence-corrected chi connectivity index (χ1v) is 9.56. The van der Waals surface area contributed by atoms with E-state index in [0.29, 0.717) is 28.8 Å². The van der Waals surface area contributed by atoms with Crippen molar-refractivity contribution in [2.45, 2.75) is 25.1 Å². The third-order valence-corrected chi connectivity index (χ3v) is 5.60. The summed E-state index contributed by atoms with van der Waals surface area (Å²) in [6, 6.07) is 12.3. The number of nitro groups is 1. The van der Waals surface area contributed by atoms with Crippen LogP contribution in [0.5, 0.6) is 0 Å². The number of nitrogens with one attached hydrogen (secondary N) is 1. The van der Waals surface area contributed by atoms with E-state index in [2.05, 4.69) is 21.2 Å². The van der Waals surface area contributed by atoms with E-state index in [-0.39, 0.29) is 17.7 Å². The first kappa shape index (κ1) is 17.9. The zero-order valence-corrected chi connectivity index (χ0v) is 16.0. The van der Waals surface area contributed by atoms with Gasteiger partial charge in [-0.15, -0.1) is 0 Å². The lowest BCUT2D eigenvalue weighted by Crippen LogP contribution is -2.46. The van der Waals surface area contributed by atoms with Gasteiger partial charge in [0.1, 0.15) is 6.17 Å². The highest BCUT2D eigenvalue weighted by molar-refractivity contribution is 9.10. The van der Waals surface area contributed by atoms with E-state index in [9.17, 15) is 14.9 Å². The molecule has 2 aromatic carbocycles. The number of nitro benzene ring substituents is 1. The molecule has 2 aliphatic heterocycles. The Labute approximate surface area is 164 Å². The van der Waals surface area contributed by atoms with Crippen molar-refractivity contribution in [2.75, 3.05) is 18.5 Å². The summed E-state index contributed by atoms with van der Waals surface area (Å²) in [6.07, 6.45) is 1.36. The Morgan fingerprint density at radius 1 is 1.30 bits per heavy atom. The highest BCUT2D eigenvalue weighted by Crippen LogP contribution is 2.36. The fourth-order valence-corrected chi connectivity index (χ4v) is 3.98. The molecule has 2 atom stereocenters. The van der Waals surface area contributed by atoms with Crippen molar-refractivity contribution in [3.63, 3.8) is 0 Å². The topological polar surface area (TPSA) is 84.7 Å². The van der Waals surface area contributed by atoms with Crippen LogP contribution in [0.2, 0.25) is 0 Å². The number of amides is 1. The monoisotopic (exact) mass is 431 g/mol. The fraction of sp³-hybridized carbons (Fsp3) is 0.316. The molecule has 140 valence electrons. The largest absolute Gasteiger partial charge is 0.376 e. The van der Waals surface area contributed by atoms with Gasteiger partial charge in [-0.05, 0) is 47.0 Å². The maximum Gasteiger partial charge on any atom is 0.283 e. The number of anilines is 1. The molecule has 1 amide bonds. The molecule has 2 aromatic rings. The maximum absolute atomic E-state index is 13.2. The fourth-order valence-electron chi connectivity index (χ4n) is 3.59. The summed E-state index contributed by atoms with van der Waals surface area (Å²) in [7, 11) is 0. The van der Waals surface area contributed by atoms with E-state index >= 15 is 0 Å². The van der Waals surface area contributed by atoms with Crippen molar-refractivity contribution in [1.29, 1.82) is 0 Å². The third kappa shape index (κ3) is 3.42. The van der Waals surface area contributed by atoms with Gasteiger partial charge in [0.15, 0.2) is 0 Å². The van der Waals surface area contributed by atoms with Crippen LogP contribution in [0.1, 0.15) is 34.9 Å². The second-order valence-electron chi connectivity index (χ2n) is 6.65. The molecule has 0 spiro atoms. The lowest BCUT2D eigenvalue weighted by molar-refractivity contribution is -0.385. The quantitative estimate of drug-likeness (QED) is 0.581. The molecule has 1 N–H and O–H groups in total. The van der Waals surface area contributed by atoms with Gasteiger partial charge in [0, 0.05) is 30.5 Å². The molecule has 0 saturated carbocycles. The molecule has 0 radical (unpaired) electrons. The lowest BCUT2D eigenvalue weighted by Gasteiger charge is -2.39. The number of rotatable bonds is 4. The summed E-state index contributed by atoms with van der Waals surface area (Å²) < 4.78 is 6.13. The number of hydrogen-bond acceptors (Lipinski definition) is 5. The Kier molecular flexibility index (Phi) is 4.84. The van der Waals surface area contributed by atoms with Crippen LogP contribution in [0.4, 0.5) is 11.4 Å². The number of para-hydroxylation sites is 1. The number of fused-ring (bicyclic) bond motifs is 1. The van der Waals surface area contributed by atoms with Crippen molar-refractivity contribution >= 4 is 33.2 Å². The van der Waals surface area contributed by atoms with Crippen molar-refractivity contribution in [3.05, 3.63) is 68.2 Å². The van der Waals surface area contributed by atoms with Crippen molar-refractivity contribution in [3.8, 4) is 0 Å². The van der Waals surface area contributed by atoms with Gasteiger partial charge in [0.2, 0.25) is 0 Å². The molecule has 2 aliphatic rings. The average Bonchev–Trinajstić information content (AvgIpc) is 3.17. The van der Waals surface area contributed by atoms with Crippen molar-refractivity contribution < 1.29 is 14.5 Å². The van der Waals surface area contributed by atoms with Crippen LogP contribution in [0.3, 0.4) is 0 Å². The second kappa shape index (κ2) is 7.28. The first-order chi connectivity index (χ1) is 13.0. The van der Waals surface area contributed by atoms with Crippen molar-refractivity contribution in [1.82, 2.24) is 4.90 Å². The van der Waals surface area contributed by atoms with E-state index in [1.54, 1.807) is 23.1 Å². The molecule has 7 nitrogen and oxygen atoms in total. The van der Waals surface area contributed by atoms with Gasteiger partial charge in [0.05, 0.1) is 21.1 Å². The minimum atomic E-state index is -0.497. The number of ether oxygens (including phenoxy) is 1. The normalized spacial score (nSPS) is 21.7. The standard InChI is InChI=1S/C19H18BrN3O4/c20-15-8-7-12(10-17(15)23(25)26)18-21-16-6-2-1-5-14(16)19(24)22(18)11-13-4-3-9-27-13/h1-2,5-8,10,13,18,21H,3-4,9,11H2. The molecule has 27 heavy (non-hydrogen) atoms. The number of nitrogens with zero attached hydrogens (tertiary/aromatic N) is 2. The van der Waals surface area contributed by atoms with Gasteiger partial charge in [-0.3, -0.25) is 14.9 Å². The summed E-state index contributed by atoms with van der Waals surface area (Å²) >= 11 is 3.22. The predicted molar refractivity (Wildman–Crippen MR) is 104 cm³/mol. The molecule has 4 rings (SSSR count). The molecule has 1 fully saturated rings. The van der Waals surface area contributed by atoms with E-state index in [4.69, 9.17) is 4.74 Å². The highest BCUT2D eigenvalue weighted by Gasteiger charge is 2.35. The third-order valence-electron chi connectivity index (χ3n) is 4.93. The Bertz CT molecular complexity index is 898. The van der Waals surface area contributed by atoms with Gasteiger partial charge in [0.25, 0.3) is 11.6 Å². The molecular weight excluding hydrogens is 414 g/mol. The van der Waals surface area contributed by atoms with E-state index in [1.165, 1.54) is 6.07 Å². The smallest absolute Gasteiger partial charge is 0.283 e. The summed E-state index contributed by atoms with van der Waals surface area (Å²) in [4.78, 5) is 25.8. The molecule has 0 aromatic heterocycles. The van der Waals surface area contributed by atoms with E-state index in [0.717, 1.165) is 18.5 Å². The molecule has 1 saturated heterocycles. The van der Waals surface area contributed by atoms with Gasteiger partial charge < -0.3 is 15.0 Å². The Morgan fingerprint density at radius 2 is 2.11 bits per heavy atom. The number of carbonyl (C=O) groups is 1.